The van der Waals surface area contributed by atoms with Gasteiger partial charge in [-0.05, 0) is 23.3 Å². The minimum atomic E-state index is -0.774. The first-order valence-electron chi connectivity index (χ1n) is 8.62. The van der Waals surface area contributed by atoms with Gasteiger partial charge in [-0.2, -0.15) is 0 Å². The molecule has 1 unspecified atom stereocenters. The van der Waals surface area contributed by atoms with Crippen LogP contribution in [-0.2, 0) is 13.2 Å². The maximum Gasteiger partial charge on any atom is 0.129 e. The van der Waals surface area contributed by atoms with Gasteiger partial charge in [-0.15, -0.1) is 0 Å². The molecule has 0 spiro atoms. The second-order valence-electron chi connectivity index (χ2n) is 6.00. The molecule has 3 N–H and O–H groups in total. The summed E-state index contributed by atoms with van der Waals surface area (Å²) in [5.74, 6) is 1.27. The Morgan fingerprint density at radius 3 is 1.92 bits per heavy atom. The van der Waals surface area contributed by atoms with Gasteiger partial charge in [0, 0.05) is 18.2 Å². The van der Waals surface area contributed by atoms with Crippen LogP contribution in [-0.4, -0.2) is 11.7 Å². The largest absolute Gasteiger partial charge is 0.489 e. The van der Waals surface area contributed by atoms with E-state index in [-0.39, 0.29) is 6.54 Å². The lowest BCUT2D eigenvalue weighted by molar-refractivity contribution is 0.178. The first kappa shape index (κ1) is 18.0. The molecule has 26 heavy (non-hydrogen) atoms. The van der Waals surface area contributed by atoms with Crippen LogP contribution in [0.15, 0.2) is 78.9 Å². The average molecular weight is 349 g/mol. The Morgan fingerprint density at radius 1 is 0.769 bits per heavy atom. The van der Waals surface area contributed by atoms with Crippen molar-refractivity contribution in [3.8, 4) is 11.5 Å². The van der Waals surface area contributed by atoms with Crippen molar-refractivity contribution < 1.29 is 14.6 Å². The van der Waals surface area contributed by atoms with Crippen LogP contribution < -0.4 is 15.2 Å². The Hall–Kier alpha value is -2.82. The lowest BCUT2D eigenvalue weighted by Crippen LogP contribution is -2.13. The second kappa shape index (κ2) is 9.04. The van der Waals surface area contributed by atoms with E-state index >= 15 is 0 Å². The zero-order valence-electron chi connectivity index (χ0n) is 14.5. The fourth-order valence-electron chi connectivity index (χ4n) is 2.61. The summed E-state index contributed by atoms with van der Waals surface area (Å²) in [4.78, 5) is 0. The van der Waals surface area contributed by atoms with Crippen LogP contribution in [0.1, 0.15) is 22.8 Å². The van der Waals surface area contributed by atoms with Crippen LogP contribution in [0, 0.1) is 0 Å². The van der Waals surface area contributed by atoms with Crippen LogP contribution in [0.2, 0.25) is 0 Å². The molecule has 3 rings (SSSR count). The van der Waals surface area contributed by atoms with E-state index in [1.807, 2.05) is 66.7 Å². The third-order valence-corrected chi connectivity index (χ3v) is 4.05. The SMILES string of the molecule is NCC(O)c1ccc(OCc2ccccc2)cc1OCc1ccccc1. The van der Waals surface area contributed by atoms with Crippen molar-refractivity contribution in [3.05, 3.63) is 95.6 Å². The molecule has 0 heterocycles. The summed E-state index contributed by atoms with van der Waals surface area (Å²) in [6, 6.07) is 25.3. The Labute approximate surface area is 153 Å². The highest BCUT2D eigenvalue weighted by atomic mass is 16.5. The quantitative estimate of drug-likeness (QED) is 0.648. The minimum absolute atomic E-state index is 0.131. The van der Waals surface area contributed by atoms with Crippen LogP contribution >= 0.6 is 0 Å². The van der Waals surface area contributed by atoms with Crippen molar-refractivity contribution in [2.45, 2.75) is 19.3 Å². The molecule has 0 aromatic heterocycles. The summed E-state index contributed by atoms with van der Waals surface area (Å²) >= 11 is 0. The molecule has 134 valence electrons. The molecule has 0 amide bonds. The van der Waals surface area contributed by atoms with Crippen LogP contribution in [0.25, 0.3) is 0 Å². The van der Waals surface area contributed by atoms with Crippen LogP contribution in [0.4, 0.5) is 0 Å². The molecular formula is C22H23NO3. The molecule has 0 bridgehead atoms. The Bertz CT molecular complexity index is 806. The van der Waals surface area contributed by atoms with E-state index in [1.165, 1.54) is 0 Å². The number of nitrogens with two attached hydrogens (primary N) is 1. The summed E-state index contributed by atoms with van der Waals surface area (Å²) < 4.78 is 11.8. The van der Waals surface area contributed by atoms with E-state index < -0.39 is 6.10 Å². The zero-order chi connectivity index (χ0) is 18.2. The summed E-state index contributed by atoms with van der Waals surface area (Å²) in [5.41, 5.74) is 8.42. The predicted molar refractivity (Wildman–Crippen MR) is 102 cm³/mol. The topological polar surface area (TPSA) is 64.7 Å². The lowest BCUT2D eigenvalue weighted by Gasteiger charge is -2.17. The van der Waals surface area contributed by atoms with Crippen LogP contribution in [0.5, 0.6) is 11.5 Å². The van der Waals surface area contributed by atoms with Crippen molar-refractivity contribution in [2.75, 3.05) is 6.54 Å². The molecule has 3 aromatic rings. The molecule has 0 saturated carbocycles. The molecule has 0 saturated heterocycles. The molecule has 1 atom stereocenters. The maximum absolute atomic E-state index is 10.2. The fraction of sp³-hybridized carbons (Fsp3) is 0.182. The normalized spacial score (nSPS) is 11.8. The molecule has 0 aliphatic rings. The molecule has 3 aromatic carbocycles. The number of aliphatic hydroxyl groups excluding tert-OH is 1. The summed E-state index contributed by atoms with van der Waals surface area (Å²) in [5, 5.41) is 10.2. The van der Waals surface area contributed by atoms with Gasteiger partial charge >= 0.3 is 0 Å². The fourth-order valence-corrected chi connectivity index (χ4v) is 2.61. The highest BCUT2D eigenvalue weighted by Crippen LogP contribution is 2.30. The van der Waals surface area contributed by atoms with Crippen molar-refractivity contribution >= 4 is 0 Å². The van der Waals surface area contributed by atoms with Gasteiger partial charge in [0.2, 0.25) is 0 Å². The van der Waals surface area contributed by atoms with Gasteiger partial charge in [-0.25, -0.2) is 0 Å². The average Bonchev–Trinajstić information content (AvgIpc) is 2.71. The predicted octanol–water partition coefficient (Wildman–Crippen LogP) is 3.84. The molecule has 0 fully saturated rings. The van der Waals surface area contributed by atoms with Gasteiger partial charge in [0.15, 0.2) is 0 Å². The molecule has 0 aliphatic carbocycles. The molecule has 4 heteroatoms. The van der Waals surface area contributed by atoms with E-state index in [1.54, 1.807) is 12.1 Å². The van der Waals surface area contributed by atoms with E-state index in [9.17, 15) is 5.11 Å². The zero-order valence-corrected chi connectivity index (χ0v) is 14.5. The Kier molecular flexibility index (Phi) is 6.25. The molecular weight excluding hydrogens is 326 g/mol. The number of benzene rings is 3. The molecule has 4 nitrogen and oxygen atoms in total. The number of aliphatic hydroxyl groups is 1. The van der Waals surface area contributed by atoms with Gasteiger partial charge in [-0.1, -0.05) is 60.7 Å². The lowest BCUT2D eigenvalue weighted by atomic mass is 10.1. The summed E-state index contributed by atoms with van der Waals surface area (Å²) in [7, 11) is 0. The highest BCUT2D eigenvalue weighted by Gasteiger charge is 2.14. The molecule has 0 aliphatic heterocycles. The Morgan fingerprint density at radius 2 is 1.35 bits per heavy atom. The van der Waals surface area contributed by atoms with Crippen molar-refractivity contribution in [3.63, 3.8) is 0 Å². The van der Waals surface area contributed by atoms with Crippen molar-refractivity contribution in [2.24, 2.45) is 5.73 Å². The van der Waals surface area contributed by atoms with Gasteiger partial charge in [0.25, 0.3) is 0 Å². The van der Waals surface area contributed by atoms with E-state index in [2.05, 4.69) is 0 Å². The van der Waals surface area contributed by atoms with Gasteiger partial charge in [0.05, 0.1) is 6.10 Å². The summed E-state index contributed by atoms with van der Waals surface area (Å²) in [6.07, 6.45) is -0.774. The smallest absolute Gasteiger partial charge is 0.129 e. The monoisotopic (exact) mass is 349 g/mol. The summed E-state index contributed by atoms with van der Waals surface area (Å²) in [6.45, 7) is 1.01. The first-order chi connectivity index (χ1) is 12.8. The van der Waals surface area contributed by atoms with Crippen molar-refractivity contribution in [1.29, 1.82) is 0 Å². The second-order valence-corrected chi connectivity index (χ2v) is 6.00. The number of hydrogen-bond acceptors (Lipinski definition) is 4. The highest BCUT2D eigenvalue weighted by molar-refractivity contribution is 5.42. The minimum Gasteiger partial charge on any atom is -0.489 e. The number of ether oxygens (including phenoxy) is 2. The third kappa shape index (κ3) is 4.85. The number of rotatable bonds is 8. The van der Waals surface area contributed by atoms with Gasteiger partial charge < -0.3 is 20.3 Å². The standard InChI is InChI=1S/C22H23NO3/c23-14-21(24)20-12-11-19(25-15-17-7-3-1-4-8-17)13-22(20)26-16-18-9-5-2-6-10-18/h1-13,21,24H,14-16,23H2. The number of hydrogen-bond donors (Lipinski definition) is 2. The van der Waals surface area contributed by atoms with Gasteiger partial charge in [-0.3, -0.25) is 0 Å². The van der Waals surface area contributed by atoms with E-state index in [4.69, 9.17) is 15.2 Å². The third-order valence-electron chi connectivity index (χ3n) is 4.05. The van der Waals surface area contributed by atoms with Crippen LogP contribution in [0.3, 0.4) is 0 Å². The van der Waals surface area contributed by atoms with Gasteiger partial charge in [0.1, 0.15) is 24.7 Å². The van der Waals surface area contributed by atoms with Crippen molar-refractivity contribution in [1.82, 2.24) is 0 Å². The first-order valence-corrected chi connectivity index (χ1v) is 8.62. The Balaban J connectivity index is 1.74. The van der Waals surface area contributed by atoms with E-state index in [0.717, 1.165) is 11.1 Å². The van der Waals surface area contributed by atoms with E-state index in [0.29, 0.717) is 30.3 Å². The maximum atomic E-state index is 10.2. The molecule has 0 radical (unpaired) electrons.